The number of alkyl halides is 3. The molecule has 5 rings (SSSR count). The maximum Gasteiger partial charge on any atom is 0.573 e. The molecule has 0 amide bonds. The Kier molecular flexibility index (Phi) is 8.06. The Labute approximate surface area is 238 Å². The predicted octanol–water partition coefficient (Wildman–Crippen LogP) is 5.04. The number of ether oxygens (including phenoxy) is 1. The molecular weight excluding hydrogens is 559 g/mol. The fourth-order valence-corrected chi connectivity index (χ4v) is 6.14. The topological polar surface area (TPSA) is 133 Å². The van der Waals surface area contributed by atoms with Crippen LogP contribution in [0.2, 0.25) is 0 Å². The molecule has 2 heterocycles. The third-order valence-corrected chi connectivity index (χ3v) is 8.28. The minimum absolute atomic E-state index is 0.248. The normalized spacial score (nSPS) is 22.5. The van der Waals surface area contributed by atoms with Gasteiger partial charge < -0.3 is 30.7 Å². The van der Waals surface area contributed by atoms with Gasteiger partial charge in [-0.05, 0) is 57.0 Å². The average molecular weight is 590 g/mol. The largest absolute Gasteiger partial charge is 0.573 e. The fraction of sp³-hybridized carbons (Fsp3) is 0.393. The maximum absolute atomic E-state index is 12.5. The molecule has 0 spiro atoms. The van der Waals surface area contributed by atoms with Crippen LogP contribution in [-0.2, 0) is 0 Å². The third kappa shape index (κ3) is 6.38. The third-order valence-electron chi connectivity index (χ3n) is 7.23. The van der Waals surface area contributed by atoms with E-state index in [9.17, 15) is 28.5 Å². The van der Waals surface area contributed by atoms with Crippen molar-refractivity contribution < 1.29 is 33.2 Å². The number of nitrogens with one attached hydrogen (secondary N) is 2. The Balaban J connectivity index is 1.47. The number of hydrogen-bond acceptors (Lipinski definition) is 10. The number of aliphatic hydroxyl groups excluding tert-OH is 3. The van der Waals surface area contributed by atoms with Crippen molar-refractivity contribution in [1.29, 1.82) is 0 Å². The zero-order valence-electron chi connectivity index (χ0n) is 22.4. The predicted molar refractivity (Wildman–Crippen MR) is 150 cm³/mol. The van der Waals surface area contributed by atoms with Gasteiger partial charge in [-0.25, -0.2) is 9.97 Å². The van der Waals surface area contributed by atoms with E-state index in [1.54, 1.807) is 6.92 Å². The summed E-state index contributed by atoms with van der Waals surface area (Å²) in [5.74, 6) is -0.195. The van der Waals surface area contributed by atoms with E-state index in [1.807, 2.05) is 38.1 Å². The van der Waals surface area contributed by atoms with Crippen LogP contribution in [0.15, 0.2) is 48.5 Å². The van der Waals surface area contributed by atoms with Crippen LogP contribution in [0.3, 0.4) is 0 Å². The van der Waals surface area contributed by atoms with Gasteiger partial charge in [0.2, 0.25) is 5.95 Å². The van der Waals surface area contributed by atoms with Crippen molar-refractivity contribution in [2.45, 2.75) is 63.9 Å². The van der Waals surface area contributed by atoms with Gasteiger partial charge in [0, 0.05) is 5.92 Å². The van der Waals surface area contributed by atoms with Crippen molar-refractivity contribution in [1.82, 2.24) is 15.0 Å². The summed E-state index contributed by atoms with van der Waals surface area (Å²) in [6.07, 6.45) is -7.52. The summed E-state index contributed by atoms with van der Waals surface area (Å²) < 4.78 is 42.5. The highest BCUT2D eigenvalue weighted by atomic mass is 32.1. The molecule has 1 fully saturated rings. The first-order chi connectivity index (χ1) is 19.4. The van der Waals surface area contributed by atoms with Gasteiger partial charge in [-0.3, -0.25) is 0 Å². The molecule has 9 nitrogen and oxygen atoms in total. The molecule has 1 aliphatic rings. The van der Waals surface area contributed by atoms with E-state index >= 15 is 0 Å². The molecule has 2 unspecified atom stereocenters. The maximum atomic E-state index is 12.5. The average Bonchev–Trinajstić information content (AvgIpc) is 3.44. The van der Waals surface area contributed by atoms with Crippen LogP contribution in [0, 0.1) is 12.8 Å². The number of para-hydroxylation sites is 1. The summed E-state index contributed by atoms with van der Waals surface area (Å²) in [7, 11) is 0. The number of aromatic nitrogens is 3. The Morgan fingerprint density at radius 2 is 1.71 bits per heavy atom. The van der Waals surface area contributed by atoms with Crippen molar-refractivity contribution in [3.8, 4) is 16.3 Å². The van der Waals surface area contributed by atoms with Gasteiger partial charge in [0.05, 0.1) is 45.8 Å². The molecule has 0 bridgehead atoms. The van der Waals surface area contributed by atoms with Crippen LogP contribution in [0.25, 0.3) is 20.8 Å². The molecule has 4 aromatic rings. The zero-order valence-corrected chi connectivity index (χ0v) is 23.2. The van der Waals surface area contributed by atoms with E-state index in [2.05, 4.69) is 20.4 Å². The highest BCUT2D eigenvalue weighted by Gasteiger charge is 2.44. The van der Waals surface area contributed by atoms with Gasteiger partial charge in [0.25, 0.3) is 0 Å². The smallest absolute Gasteiger partial charge is 0.406 e. The molecule has 13 heteroatoms. The van der Waals surface area contributed by atoms with Gasteiger partial charge in [-0.2, -0.15) is 4.98 Å². The minimum atomic E-state index is -4.77. The standard InChI is InChI=1S/C28H30F3N5O4S/c1-13(16-8-10-17(11-9-16)40-28(29,30)31)32-27-33-14(2)22(26-35-19-6-4-5-7-21(19)41-26)25(36-27)34-20-12-18(15(3)37)23(38)24(20)39/h4-11,13,15,18,20,23-24,37-39H,12H2,1-3H3,(H2,32,33,34,36)/t13-,15?,18-,20?,23-,24+/m1/s1. The van der Waals surface area contributed by atoms with E-state index in [4.69, 9.17) is 9.97 Å². The summed E-state index contributed by atoms with van der Waals surface area (Å²) >= 11 is 1.47. The summed E-state index contributed by atoms with van der Waals surface area (Å²) in [5.41, 5.74) is 2.74. The van der Waals surface area contributed by atoms with Crippen LogP contribution in [-0.4, -0.2) is 61.0 Å². The van der Waals surface area contributed by atoms with Crippen LogP contribution in [0.4, 0.5) is 24.9 Å². The summed E-state index contributed by atoms with van der Waals surface area (Å²) in [4.78, 5) is 14.1. The van der Waals surface area contributed by atoms with Gasteiger partial charge in [0.15, 0.2) is 0 Å². The summed E-state index contributed by atoms with van der Waals surface area (Å²) in [5, 5.41) is 38.5. The number of halogens is 3. The van der Waals surface area contributed by atoms with E-state index < -0.39 is 36.6 Å². The second-order valence-corrected chi connectivity index (χ2v) is 11.2. The first-order valence-electron chi connectivity index (χ1n) is 13.1. The first-order valence-corrected chi connectivity index (χ1v) is 13.9. The highest BCUT2D eigenvalue weighted by molar-refractivity contribution is 7.21. The number of rotatable bonds is 8. The number of nitrogens with zero attached hydrogens (tertiary/aromatic N) is 3. The Morgan fingerprint density at radius 3 is 2.34 bits per heavy atom. The molecule has 0 aliphatic heterocycles. The SMILES string of the molecule is Cc1nc(N[C@H](C)c2ccc(OC(F)(F)F)cc2)nc(NC2C[C@H](C(C)O)[C@@H](O)[C@H]2O)c1-c1nc2ccccc2s1. The van der Waals surface area contributed by atoms with E-state index in [0.717, 1.165) is 10.2 Å². The number of benzene rings is 2. The van der Waals surface area contributed by atoms with E-state index in [1.165, 1.54) is 35.6 Å². The lowest BCUT2D eigenvalue weighted by molar-refractivity contribution is -0.274. The molecule has 6 atom stereocenters. The number of aryl methyl sites for hydroxylation is 1. The van der Waals surface area contributed by atoms with Gasteiger partial charge in [-0.1, -0.05) is 24.3 Å². The number of fused-ring (bicyclic) bond motifs is 1. The second-order valence-electron chi connectivity index (χ2n) is 10.2. The quantitative estimate of drug-likeness (QED) is 0.192. The minimum Gasteiger partial charge on any atom is -0.406 e. The van der Waals surface area contributed by atoms with E-state index in [0.29, 0.717) is 34.1 Å². The molecular formula is C28H30F3N5O4S. The Hall–Kier alpha value is -3.52. The monoisotopic (exact) mass is 589 g/mol. The van der Waals surface area contributed by atoms with Gasteiger partial charge >= 0.3 is 6.36 Å². The van der Waals surface area contributed by atoms with Crippen molar-refractivity contribution in [2.75, 3.05) is 10.6 Å². The van der Waals surface area contributed by atoms with Crippen molar-refractivity contribution >= 4 is 33.3 Å². The molecule has 1 aliphatic carbocycles. The summed E-state index contributed by atoms with van der Waals surface area (Å²) in [6.45, 7) is 5.21. The molecule has 0 radical (unpaired) electrons. The van der Waals surface area contributed by atoms with Gasteiger partial charge in [0.1, 0.15) is 22.7 Å². The van der Waals surface area contributed by atoms with Crippen LogP contribution >= 0.6 is 11.3 Å². The lowest BCUT2D eigenvalue weighted by Crippen LogP contribution is -2.36. The van der Waals surface area contributed by atoms with Crippen LogP contribution in [0.1, 0.15) is 37.6 Å². The molecule has 41 heavy (non-hydrogen) atoms. The lowest BCUT2D eigenvalue weighted by atomic mass is 10.00. The number of anilines is 2. The molecule has 2 aromatic carbocycles. The number of hydrogen-bond donors (Lipinski definition) is 5. The second kappa shape index (κ2) is 11.4. The molecule has 5 N–H and O–H groups in total. The Morgan fingerprint density at radius 1 is 1.00 bits per heavy atom. The summed E-state index contributed by atoms with van der Waals surface area (Å²) in [6, 6.07) is 12.2. The lowest BCUT2D eigenvalue weighted by Gasteiger charge is -2.22. The van der Waals surface area contributed by atoms with Crippen molar-refractivity contribution in [2.24, 2.45) is 5.92 Å². The first kappa shape index (κ1) is 29.0. The van der Waals surface area contributed by atoms with E-state index in [-0.39, 0.29) is 17.7 Å². The molecule has 0 saturated heterocycles. The van der Waals surface area contributed by atoms with Crippen molar-refractivity contribution in [3.63, 3.8) is 0 Å². The van der Waals surface area contributed by atoms with Crippen LogP contribution < -0.4 is 15.4 Å². The zero-order chi connectivity index (χ0) is 29.5. The van der Waals surface area contributed by atoms with Crippen LogP contribution in [0.5, 0.6) is 5.75 Å². The Bertz CT molecular complexity index is 1480. The molecule has 218 valence electrons. The number of aliphatic hydroxyl groups is 3. The van der Waals surface area contributed by atoms with Gasteiger partial charge in [-0.15, -0.1) is 24.5 Å². The van der Waals surface area contributed by atoms with Crippen molar-refractivity contribution in [3.05, 3.63) is 59.8 Å². The molecule has 2 aromatic heterocycles. The number of thiazole rings is 1. The molecule has 1 saturated carbocycles. The fourth-order valence-electron chi connectivity index (χ4n) is 5.08. The highest BCUT2D eigenvalue weighted by Crippen LogP contribution is 2.39.